The first-order chi connectivity index (χ1) is 14.6. The maximum absolute atomic E-state index is 9.82. The number of para-hydroxylation sites is 1. The number of nitriles is 2. The molecule has 0 aliphatic carbocycles. The van der Waals surface area contributed by atoms with Gasteiger partial charge in [0, 0.05) is 33.7 Å². The van der Waals surface area contributed by atoms with Crippen molar-refractivity contribution in [2.45, 2.75) is 13.5 Å². The number of allylic oxidation sites excluding steroid dienone is 1. The van der Waals surface area contributed by atoms with E-state index in [0.29, 0.717) is 17.7 Å². The molecule has 0 atom stereocenters. The summed E-state index contributed by atoms with van der Waals surface area (Å²) in [5.41, 5.74) is 5.98. The molecule has 0 aliphatic heterocycles. The van der Waals surface area contributed by atoms with Crippen molar-refractivity contribution in [1.29, 1.82) is 10.5 Å². The number of rotatable bonds is 4. The van der Waals surface area contributed by atoms with Crippen LogP contribution in [0.4, 0.5) is 0 Å². The standard InChI is InChI=1S/C26H18ClN3/c1-18-24(14-22(16-29)20-9-6-7-19(13-20)15-28)23-10-3-5-12-26(23)30(18)17-21-8-2-4-11-25(21)27/h2-14H,17H2,1H3/b22-14+. The van der Waals surface area contributed by atoms with E-state index in [1.807, 2.05) is 48.5 Å². The van der Waals surface area contributed by atoms with Crippen molar-refractivity contribution in [2.75, 3.05) is 0 Å². The van der Waals surface area contributed by atoms with Gasteiger partial charge in [0.15, 0.2) is 0 Å². The van der Waals surface area contributed by atoms with E-state index in [2.05, 4.69) is 35.8 Å². The van der Waals surface area contributed by atoms with Crippen LogP contribution >= 0.6 is 11.6 Å². The minimum absolute atomic E-state index is 0.524. The molecule has 3 aromatic carbocycles. The molecule has 4 heteroatoms. The third-order valence-corrected chi connectivity index (χ3v) is 5.65. The molecule has 0 spiro atoms. The number of hydrogen-bond donors (Lipinski definition) is 0. The van der Waals surface area contributed by atoms with Crippen molar-refractivity contribution < 1.29 is 0 Å². The van der Waals surface area contributed by atoms with Crippen LogP contribution in [-0.4, -0.2) is 4.57 Å². The first-order valence-electron chi connectivity index (χ1n) is 9.56. The van der Waals surface area contributed by atoms with E-state index in [1.165, 1.54) is 0 Å². The Hall–Kier alpha value is -3.79. The Kier molecular flexibility index (Phi) is 5.40. The maximum atomic E-state index is 9.82. The SMILES string of the molecule is Cc1c(/C=C(\C#N)c2cccc(C#N)c2)c2ccccc2n1Cc1ccccc1Cl. The number of hydrogen-bond acceptors (Lipinski definition) is 2. The molecule has 0 bridgehead atoms. The van der Waals surface area contributed by atoms with Crippen LogP contribution < -0.4 is 0 Å². The summed E-state index contributed by atoms with van der Waals surface area (Å²) in [6, 6.07) is 27.6. The fourth-order valence-corrected chi connectivity index (χ4v) is 3.92. The first-order valence-corrected chi connectivity index (χ1v) is 9.93. The number of benzene rings is 3. The van der Waals surface area contributed by atoms with Crippen molar-refractivity contribution in [1.82, 2.24) is 4.57 Å². The molecule has 4 aromatic rings. The zero-order chi connectivity index (χ0) is 21.1. The van der Waals surface area contributed by atoms with Gasteiger partial charge < -0.3 is 4.57 Å². The molecule has 30 heavy (non-hydrogen) atoms. The summed E-state index contributed by atoms with van der Waals surface area (Å²) in [4.78, 5) is 0. The highest BCUT2D eigenvalue weighted by atomic mass is 35.5. The molecule has 1 heterocycles. The summed E-state index contributed by atoms with van der Waals surface area (Å²) in [5, 5.41) is 20.8. The van der Waals surface area contributed by atoms with Gasteiger partial charge in [-0.25, -0.2) is 0 Å². The molecule has 0 saturated heterocycles. The molecule has 0 unspecified atom stereocenters. The van der Waals surface area contributed by atoms with Gasteiger partial charge in [-0.05, 0) is 48.4 Å². The second kappa shape index (κ2) is 8.29. The lowest BCUT2D eigenvalue weighted by molar-refractivity contribution is 0.804. The second-order valence-corrected chi connectivity index (χ2v) is 7.46. The Morgan fingerprint density at radius 3 is 2.53 bits per heavy atom. The zero-order valence-corrected chi connectivity index (χ0v) is 17.2. The predicted molar refractivity (Wildman–Crippen MR) is 122 cm³/mol. The van der Waals surface area contributed by atoms with Crippen molar-refractivity contribution >= 4 is 34.2 Å². The normalized spacial score (nSPS) is 11.3. The molecule has 1 aromatic heterocycles. The Balaban J connectivity index is 1.88. The average molecular weight is 408 g/mol. The molecular formula is C26H18ClN3. The van der Waals surface area contributed by atoms with Crippen molar-refractivity contribution in [3.05, 3.63) is 106 Å². The van der Waals surface area contributed by atoms with E-state index >= 15 is 0 Å². The molecule has 0 saturated carbocycles. The second-order valence-electron chi connectivity index (χ2n) is 7.06. The maximum Gasteiger partial charge on any atom is 0.0998 e. The quantitative estimate of drug-likeness (QED) is 0.358. The highest BCUT2D eigenvalue weighted by Crippen LogP contribution is 2.31. The summed E-state index contributed by atoms with van der Waals surface area (Å²) < 4.78 is 2.23. The minimum atomic E-state index is 0.524. The van der Waals surface area contributed by atoms with Crippen LogP contribution in [0, 0.1) is 29.6 Å². The van der Waals surface area contributed by atoms with Crippen LogP contribution in [0.5, 0.6) is 0 Å². The Morgan fingerprint density at radius 1 is 1.00 bits per heavy atom. The fourth-order valence-electron chi connectivity index (χ4n) is 3.72. The van der Waals surface area contributed by atoms with Gasteiger partial charge in [0.25, 0.3) is 0 Å². The van der Waals surface area contributed by atoms with E-state index in [9.17, 15) is 10.5 Å². The van der Waals surface area contributed by atoms with Gasteiger partial charge in [0.2, 0.25) is 0 Å². The summed E-state index contributed by atoms with van der Waals surface area (Å²) in [7, 11) is 0. The van der Waals surface area contributed by atoms with E-state index in [0.717, 1.165) is 38.3 Å². The molecule has 144 valence electrons. The van der Waals surface area contributed by atoms with Gasteiger partial charge in [0.1, 0.15) is 0 Å². The summed E-state index contributed by atoms with van der Waals surface area (Å²) in [5.74, 6) is 0. The fraction of sp³-hybridized carbons (Fsp3) is 0.0769. The first kappa shape index (κ1) is 19.5. The molecule has 0 aliphatic rings. The van der Waals surface area contributed by atoms with Crippen LogP contribution in [0.3, 0.4) is 0 Å². The Morgan fingerprint density at radius 2 is 1.77 bits per heavy atom. The van der Waals surface area contributed by atoms with Crippen LogP contribution in [0.1, 0.15) is 27.9 Å². The predicted octanol–water partition coefficient (Wildman–Crippen LogP) is 6.59. The van der Waals surface area contributed by atoms with Gasteiger partial charge in [-0.3, -0.25) is 0 Å². The van der Waals surface area contributed by atoms with Crippen molar-refractivity contribution in [3.63, 3.8) is 0 Å². The smallest absolute Gasteiger partial charge is 0.0998 e. The van der Waals surface area contributed by atoms with Gasteiger partial charge in [-0.2, -0.15) is 10.5 Å². The molecule has 0 N–H and O–H groups in total. The van der Waals surface area contributed by atoms with Gasteiger partial charge >= 0.3 is 0 Å². The van der Waals surface area contributed by atoms with Crippen LogP contribution in [0.15, 0.2) is 72.8 Å². The summed E-state index contributed by atoms with van der Waals surface area (Å²) in [6.07, 6.45) is 1.91. The molecule has 0 radical (unpaired) electrons. The van der Waals surface area contributed by atoms with Crippen molar-refractivity contribution in [3.8, 4) is 12.1 Å². The lowest BCUT2D eigenvalue weighted by atomic mass is 10.0. The van der Waals surface area contributed by atoms with Crippen LogP contribution in [0.25, 0.3) is 22.6 Å². The molecule has 0 amide bonds. The van der Waals surface area contributed by atoms with E-state index in [4.69, 9.17) is 11.6 Å². The zero-order valence-electron chi connectivity index (χ0n) is 16.4. The van der Waals surface area contributed by atoms with E-state index < -0.39 is 0 Å². The Labute approximate surface area is 180 Å². The number of aromatic nitrogens is 1. The minimum Gasteiger partial charge on any atom is -0.340 e. The molecule has 0 fully saturated rings. The average Bonchev–Trinajstić information content (AvgIpc) is 3.04. The van der Waals surface area contributed by atoms with Gasteiger partial charge in [-0.1, -0.05) is 60.1 Å². The van der Waals surface area contributed by atoms with Gasteiger partial charge in [0.05, 0.1) is 23.3 Å². The largest absolute Gasteiger partial charge is 0.340 e. The highest BCUT2D eigenvalue weighted by molar-refractivity contribution is 6.31. The van der Waals surface area contributed by atoms with Gasteiger partial charge in [-0.15, -0.1) is 0 Å². The van der Waals surface area contributed by atoms with Crippen LogP contribution in [0.2, 0.25) is 5.02 Å². The number of nitrogens with zero attached hydrogens (tertiary/aromatic N) is 3. The Bertz CT molecular complexity index is 1360. The van der Waals surface area contributed by atoms with E-state index in [-0.39, 0.29) is 0 Å². The molecule has 4 rings (SSSR count). The van der Waals surface area contributed by atoms with E-state index in [1.54, 1.807) is 18.2 Å². The number of halogens is 1. The number of fused-ring (bicyclic) bond motifs is 1. The molecular weight excluding hydrogens is 390 g/mol. The monoisotopic (exact) mass is 407 g/mol. The molecule has 3 nitrogen and oxygen atoms in total. The summed E-state index contributed by atoms with van der Waals surface area (Å²) >= 11 is 6.41. The highest BCUT2D eigenvalue weighted by Gasteiger charge is 2.15. The summed E-state index contributed by atoms with van der Waals surface area (Å²) in [6.45, 7) is 2.70. The van der Waals surface area contributed by atoms with Crippen molar-refractivity contribution in [2.24, 2.45) is 0 Å². The third kappa shape index (κ3) is 3.60. The lowest BCUT2D eigenvalue weighted by Crippen LogP contribution is -2.02. The van der Waals surface area contributed by atoms with Crippen LogP contribution in [-0.2, 0) is 6.54 Å². The topological polar surface area (TPSA) is 52.5 Å². The lowest BCUT2D eigenvalue weighted by Gasteiger charge is -2.10. The third-order valence-electron chi connectivity index (χ3n) is 5.28.